The summed E-state index contributed by atoms with van der Waals surface area (Å²) in [6.45, 7) is 3.87. The molecular weight excluding hydrogens is 269 g/mol. The summed E-state index contributed by atoms with van der Waals surface area (Å²) < 4.78 is 21.1. The van der Waals surface area contributed by atoms with Crippen LogP contribution in [-0.4, -0.2) is 29.8 Å². The van der Waals surface area contributed by atoms with Crippen LogP contribution in [0, 0.1) is 5.82 Å². The van der Waals surface area contributed by atoms with Gasteiger partial charge in [-0.3, -0.25) is 0 Å². The Hall–Kier alpha value is -1.72. The molecular formula is C16H22FN3O. The Balaban J connectivity index is 2.26. The van der Waals surface area contributed by atoms with Crippen molar-refractivity contribution in [3.05, 3.63) is 47.8 Å². The molecule has 0 spiro atoms. The van der Waals surface area contributed by atoms with Gasteiger partial charge in [-0.25, -0.2) is 9.37 Å². The van der Waals surface area contributed by atoms with Crippen molar-refractivity contribution in [2.24, 2.45) is 0 Å². The predicted octanol–water partition coefficient (Wildman–Crippen LogP) is 2.70. The molecule has 5 heteroatoms. The number of hydrogen-bond donors (Lipinski definition) is 1. The number of aromatic nitrogens is 2. The molecule has 0 aliphatic heterocycles. The highest BCUT2D eigenvalue weighted by molar-refractivity contribution is 5.43. The quantitative estimate of drug-likeness (QED) is 0.760. The molecule has 0 radical (unpaired) electrons. The zero-order valence-corrected chi connectivity index (χ0v) is 12.6. The van der Waals surface area contributed by atoms with E-state index in [1.165, 1.54) is 6.07 Å². The molecule has 21 heavy (non-hydrogen) atoms. The summed E-state index contributed by atoms with van der Waals surface area (Å²) >= 11 is 0. The van der Waals surface area contributed by atoms with Crippen LogP contribution in [0.1, 0.15) is 24.7 Å². The average molecular weight is 291 g/mol. The SMILES string of the molecule is CCCc1nccn1-c1cccc(F)c1CNCCOC. The first-order valence-electron chi connectivity index (χ1n) is 7.27. The fraction of sp³-hybridized carbons (Fsp3) is 0.438. The molecule has 1 aromatic carbocycles. The Morgan fingerprint density at radius 2 is 2.24 bits per heavy atom. The molecule has 0 atom stereocenters. The number of methoxy groups -OCH3 is 1. The Morgan fingerprint density at radius 3 is 3.00 bits per heavy atom. The van der Waals surface area contributed by atoms with Crippen LogP contribution in [-0.2, 0) is 17.7 Å². The number of nitrogens with zero attached hydrogens (tertiary/aromatic N) is 2. The number of hydrogen-bond acceptors (Lipinski definition) is 3. The molecule has 0 aliphatic carbocycles. The van der Waals surface area contributed by atoms with Crippen molar-refractivity contribution < 1.29 is 9.13 Å². The predicted molar refractivity (Wildman–Crippen MR) is 81.1 cm³/mol. The third-order valence-corrected chi connectivity index (χ3v) is 3.33. The average Bonchev–Trinajstić information content (AvgIpc) is 2.93. The summed E-state index contributed by atoms with van der Waals surface area (Å²) in [7, 11) is 1.65. The second kappa shape index (κ2) is 7.90. The largest absolute Gasteiger partial charge is 0.383 e. The first kappa shape index (κ1) is 15.7. The standard InChI is InChI=1S/C16H22FN3O/c1-3-5-16-19-8-10-20(16)15-7-4-6-14(17)13(15)12-18-9-11-21-2/h4,6-8,10,18H,3,5,9,11-12H2,1-2H3. The maximum Gasteiger partial charge on any atom is 0.129 e. The van der Waals surface area contributed by atoms with Gasteiger partial charge in [-0.05, 0) is 18.6 Å². The maximum atomic E-state index is 14.2. The molecule has 1 aromatic heterocycles. The monoisotopic (exact) mass is 291 g/mol. The van der Waals surface area contributed by atoms with Crippen LogP contribution in [0.15, 0.2) is 30.6 Å². The summed E-state index contributed by atoms with van der Waals surface area (Å²) in [4.78, 5) is 4.36. The van der Waals surface area contributed by atoms with Gasteiger partial charge in [-0.15, -0.1) is 0 Å². The number of ether oxygens (including phenoxy) is 1. The second-order valence-electron chi connectivity index (χ2n) is 4.87. The van der Waals surface area contributed by atoms with E-state index in [-0.39, 0.29) is 5.82 Å². The van der Waals surface area contributed by atoms with E-state index in [9.17, 15) is 4.39 Å². The van der Waals surface area contributed by atoms with Crippen LogP contribution in [0.25, 0.3) is 5.69 Å². The number of benzene rings is 1. The highest BCUT2D eigenvalue weighted by Crippen LogP contribution is 2.20. The summed E-state index contributed by atoms with van der Waals surface area (Å²) in [5.41, 5.74) is 1.50. The number of aryl methyl sites for hydroxylation is 1. The van der Waals surface area contributed by atoms with Crippen molar-refractivity contribution in [2.45, 2.75) is 26.3 Å². The van der Waals surface area contributed by atoms with Gasteiger partial charge in [-0.2, -0.15) is 0 Å². The van der Waals surface area contributed by atoms with Crippen LogP contribution in [0.4, 0.5) is 4.39 Å². The van der Waals surface area contributed by atoms with Gasteiger partial charge in [0.1, 0.15) is 11.6 Å². The van der Waals surface area contributed by atoms with Gasteiger partial charge in [0.05, 0.1) is 12.3 Å². The molecule has 1 heterocycles. The molecule has 0 bridgehead atoms. The molecule has 0 unspecified atom stereocenters. The van der Waals surface area contributed by atoms with Crippen molar-refractivity contribution in [1.82, 2.24) is 14.9 Å². The van der Waals surface area contributed by atoms with Crippen LogP contribution in [0.3, 0.4) is 0 Å². The molecule has 4 nitrogen and oxygen atoms in total. The van der Waals surface area contributed by atoms with Gasteiger partial charge in [0, 0.05) is 44.6 Å². The van der Waals surface area contributed by atoms with Crippen molar-refractivity contribution in [3.63, 3.8) is 0 Å². The molecule has 0 amide bonds. The first-order chi connectivity index (χ1) is 10.3. The maximum absolute atomic E-state index is 14.2. The third-order valence-electron chi connectivity index (χ3n) is 3.33. The highest BCUT2D eigenvalue weighted by atomic mass is 19.1. The minimum atomic E-state index is -0.200. The van der Waals surface area contributed by atoms with Gasteiger partial charge in [0.25, 0.3) is 0 Å². The molecule has 0 aliphatic rings. The Labute approximate surface area is 125 Å². The lowest BCUT2D eigenvalue weighted by atomic mass is 10.1. The summed E-state index contributed by atoms with van der Waals surface area (Å²) in [5, 5.41) is 3.20. The van der Waals surface area contributed by atoms with E-state index in [0.717, 1.165) is 24.4 Å². The molecule has 0 saturated heterocycles. The van der Waals surface area contributed by atoms with Crippen molar-refractivity contribution in [3.8, 4) is 5.69 Å². The number of halogens is 1. The molecule has 1 N–H and O–H groups in total. The lowest BCUT2D eigenvalue weighted by molar-refractivity contribution is 0.199. The van der Waals surface area contributed by atoms with Gasteiger partial charge >= 0.3 is 0 Å². The summed E-state index contributed by atoms with van der Waals surface area (Å²) in [6, 6.07) is 5.16. The smallest absolute Gasteiger partial charge is 0.129 e. The zero-order chi connectivity index (χ0) is 15.1. The van der Waals surface area contributed by atoms with E-state index >= 15 is 0 Å². The van der Waals surface area contributed by atoms with E-state index in [1.54, 1.807) is 19.4 Å². The zero-order valence-electron chi connectivity index (χ0n) is 12.6. The lowest BCUT2D eigenvalue weighted by Gasteiger charge is -2.14. The fourth-order valence-corrected chi connectivity index (χ4v) is 2.30. The molecule has 2 rings (SSSR count). The molecule has 0 saturated carbocycles. The summed E-state index contributed by atoms with van der Waals surface area (Å²) in [5.74, 6) is 0.759. The van der Waals surface area contributed by atoms with Gasteiger partial charge in [0.15, 0.2) is 0 Å². The van der Waals surface area contributed by atoms with Gasteiger partial charge < -0.3 is 14.6 Å². The van der Waals surface area contributed by atoms with Crippen LogP contribution in [0.5, 0.6) is 0 Å². The minimum absolute atomic E-state index is 0.200. The van der Waals surface area contributed by atoms with Crippen LogP contribution >= 0.6 is 0 Å². The lowest BCUT2D eigenvalue weighted by Crippen LogP contribution is -2.20. The second-order valence-corrected chi connectivity index (χ2v) is 4.87. The van der Waals surface area contributed by atoms with Crippen LogP contribution in [0.2, 0.25) is 0 Å². The van der Waals surface area contributed by atoms with Crippen LogP contribution < -0.4 is 5.32 Å². The fourth-order valence-electron chi connectivity index (χ4n) is 2.30. The molecule has 2 aromatic rings. The number of imidazole rings is 1. The molecule has 114 valence electrons. The first-order valence-corrected chi connectivity index (χ1v) is 7.27. The summed E-state index contributed by atoms with van der Waals surface area (Å²) in [6.07, 6.45) is 5.53. The molecule has 0 fully saturated rings. The van der Waals surface area contributed by atoms with E-state index in [1.807, 2.05) is 16.8 Å². The highest BCUT2D eigenvalue weighted by Gasteiger charge is 2.12. The van der Waals surface area contributed by atoms with Gasteiger partial charge in [0.2, 0.25) is 0 Å². The third kappa shape index (κ3) is 3.89. The Kier molecular flexibility index (Phi) is 5.90. The van der Waals surface area contributed by atoms with Crippen molar-refractivity contribution >= 4 is 0 Å². The number of nitrogens with one attached hydrogen (secondary N) is 1. The Morgan fingerprint density at radius 1 is 1.38 bits per heavy atom. The normalized spacial score (nSPS) is 11.0. The van der Waals surface area contributed by atoms with Crippen molar-refractivity contribution in [1.29, 1.82) is 0 Å². The van der Waals surface area contributed by atoms with E-state index in [0.29, 0.717) is 25.3 Å². The Bertz CT molecular complexity index is 568. The van der Waals surface area contributed by atoms with E-state index < -0.39 is 0 Å². The van der Waals surface area contributed by atoms with Gasteiger partial charge in [-0.1, -0.05) is 13.0 Å². The van der Waals surface area contributed by atoms with E-state index in [2.05, 4.69) is 17.2 Å². The minimum Gasteiger partial charge on any atom is -0.383 e. The topological polar surface area (TPSA) is 39.1 Å². The van der Waals surface area contributed by atoms with Crippen molar-refractivity contribution in [2.75, 3.05) is 20.3 Å². The van der Waals surface area contributed by atoms with E-state index in [4.69, 9.17) is 4.74 Å². The number of rotatable bonds is 8.